The second kappa shape index (κ2) is 8.22. The van der Waals surface area contributed by atoms with E-state index < -0.39 is 0 Å². The van der Waals surface area contributed by atoms with Gasteiger partial charge in [0.2, 0.25) is 5.91 Å². The quantitative estimate of drug-likeness (QED) is 0.644. The lowest BCUT2D eigenvalue weighted by Gasteiger charge is -2.06. The van der Waals surface area contributed by atoms with Gasteiger partial charge >= 0.3 is 0 Å². The van der Waals surface area contributed by atoms with Crippen molar-refractivity contribution in [2.45, 2.75) is 13.0 Å². The summed E-state index contributed by atoms with van der Waals surface area (Å²) in [5, 5.41) is 6.44. The first-order chi connectivity index (χ1) is 12.1. The largest absolute Gasteiger partial charge is 0.352 e. The van der Waals surface area contributed by atoms with Crippen LogP contribution < -0.4 is 10.6 Å². The van der Waals surface area contributed by atoms with Crippen molar-refractivity contribution in [1.29, 1.82) is 0 Å². The Morgan fingerprint density at radius 3 is 2.56 bits per heavy atom. The van der Waals surface area contributed by atoms with Crippen LogP contribution in [0.4, 0.5) is 0 Å². The number of aromatic nitrogens is 1. The maximum Gasteiger partial charge on any atom is 0.251 e. The van der Waals surface area contributed by atoms with Crippen molar-refractivity contribution in [2.75, 3.05) is 6.54 Å². The topological polar surface area (TPSA) is 71.1 Å². The lowest BCUT2D eigenvalue weighted by atomic mass is 10.2. The van der Waals surface area contributed by atoms with E-state index in [0.29, 0.717) is 18.7 Å². The van der Waals surface area contributed by atoms with E-state index in [-0.39, 0.29) is 18.2 Å². The molecule has 0 saturated carbocycles. The number of nitrogens with zero attached hydrogens (tertiary/aromatic N) is 1. The number of hydrogen-bond acceptors (Lipinski definition) is 4. The Kier molecular flexibility index (Phi) is 5.78. The van der Waals surface area contributed by atoms with E-state index >= 15 is 0 Å². The zero-order valence-corrected chi connectivity index (χ0v) is 15.7. The zero-order chi connectivity index (χ0) is 17.6. The van der Waals surface area contributed by atoms with E-state index in [1.54, 1.807) is 35.6 Å². The SMILES string of the molecule is O=C(CCNC(=O)c1ccc(Br)cc1)NCc1nc2ccccc2s1. The maximum absolute atomic E-state index is 11.9. The molecule has 7 heteroatoms. The third kappa shape index (κ3) is 4.87. The van der Waals surface area contributed by atoms with Crippen LogP contribution in [0, 0.1) is 0 Å². The average molecular weight is 418 g/mol. The summed E-state index contributed by atoms with van der Waals surface area (Å²) in [6, 6.07) is 14.9. The normalized spacial score (nSPS) is 10.6. The minimum atomic E-state index is -0.188. The van der Waals surface area contributed by atoms with Crippen molar-refractivity contribution in [2.24, 2.45) is 0 Å². The van der Waals surface area contributed by atoms with Crippen LogP contribution >= 0.6 is 27.3 Å². The molecular formula is C18H16BrN3O2S. The summed E-state index contributed by atoms with van der Waals surface area (Å²) in [4.78, 5) is 28.3. The fourth-order valence-corrected chi connectivity index (χ4v) is 3.42. The van der Waals surface area contributed by atoms with Gasteiger partial charge in [0.25, 0.3) is 5.91 Å². The summed E-state index contributed by atoms with van der Waals surface area (Å²) < 4.78 is 2.02. The van der Waals surface area contributed by atoms with Crippen molar-refractivity contribution in [3.05, 3.63) is 63.6 Å². The molecule has 1 aromatic heterocycles. The standard InChI is InChI=1S/C18H16BrN3O2S/c19-13-7-5-12(6-8-13)18(24)20-10-9-16(23)21-11-17-22-14-3-1-2-4-15(14)25-17/h1-8H,9-11H2,(H,20,24)(H,21,23). The highest BCUT2D eigenvalue weighted by atomic mass is 79.9. The van der Waals surface area contributed by atoms with Crippen molar-refractivity contribution in [1.82, 2.24) is 15.6 Å². The molecular weight excluding hydrogens is 402 g/mol. The lowest BCUT2D eigenvalue weighted by molar-refractivity contribution is -0.121. The van der Waals surface area contributed by atoms with Crippen molar-refractivity contribution in [3.8, 4) is 0 Å². The molecule has 0 aliphatic carbocycles. The first-order valence-electron chi connectivity index (χ1n) is 7.77. The van der Waals surface area contributed by atoms with E-state index in [1.165, 1.54) is 0 Å². The van der Waals surface area contributed by atoms with Crippen LogP contribution in [0.3, 0.4) is 0 Å². The number of hydrogen-bond donors (Lipinski definition) is 2. The molecule has 0 unspecified atom stereocenters. The number of carbonyl (C=O) groups excluding carboxylic acids is 2. The fraction of sp³-hybridized carbons (Fsp3) is 0.167. The molecule has 2 amide bonds. The van der Waals surface area contributed by atoms with Gasteiger partial charge in [-0.3, -0.25) is 9.59 Å². The highest BCUT2D eigenvalue weighted by molar-refractivity contribution is 9.10. The molecule has 0 atom stereocenters. The number of halogens is 1. The van der Waals surface area contributed by atoms with Gasteiger partial charge in [0.05, 0.1) is 16.8 Å². The predicted molar refractivity (Wildman–Crippen MR) is 103 cm³/mol. The van der Waals surface area contributed by atoms with E-state index in [4.69, 9.17) is 0 Å². The van der Waals surface area contributed by atoms with Gasteiger partial charge < -0.3 is 10.6 Å². The van der Waals surface area contributed by atoms with Gasteiger partial charge in [-0.15, -0.1) is 11.3 Å². The fourth-order valence-electron chi connectivity index (χ4n) is 2.25. The first-order valence-corrected chi connectivity index (χ1v) is 9.38. The molecule has 2 aromatic carbocycles. The summed E-state index contributed by atoms with van der Waals surface area (Å²) in [6.07, 6.45) is 0.229. The highest BCUT2D eigenvalue weighted by Crippen LogP contribution is 2.21. The molecule has 0 fully saturated rings. The van der Waals surface area contributed by atoms with Crippen LogP contribution in [0.1, 0.15) is 21.8 Å². The Morgan fingerprint density at radius 2 is 1.80 bits per heavy atom. The smallest absolute Gasteiger partial charge is 0.251 e. The molecule has 0 spiro atoms. The molecule has 5 nitrogen and oxygen atoms in total. The van der Waals surface area contributed by atoms with Gasteiger partial charge in [0.15, 0.2) is 0 Å². The van der Waals surface area contributed by atoms with E-state index in [1.807, 2.05) is 24.3 Å². The molecule has 0 aliphatic heterocycles. The Balaban J connectivity index is 1.42. The second-order valence-corrected chi connectivity index (χ2v) is 7.40. The number of benzene rings is 2. The third-order valence-corrected chi connectivity index (χ3v) is 5.08. The molecule has 3 rings (SSSR count). The average Bonchev–Trinajstić information content (AvgIpc) is 3.03. The van der Waals surface area contributed by atoms with Gasteiger partial charge in [-0.25, -0.2) is 4.98 Å². The first kappa shape index (κ1) is 17.6. The van der Waals surface area contributed by atoms with E-state index in [9.17, 15) is 9.59 Å². The van der Waals surface area contributed by atoms with Crippen molar-refractivity contribution >= 4 is 49.3 Å². The molecule has 0 radical (unpaired) electrons. The molecule has 128 valence electrons. The Morgan fingerprint density at radius 1 is 1.04 bits per heavy atom. The number of thiazole rings is 1. The molecule has 25 heavy (non-hydrogen) atoms. The van der Waals surface area contributed by atoms with Crippen LogP contribution in [0.5, 0.6) is 0 Å². The maximum atomic E-state index is 11.9. The monoisotopic (exact) mass is 417 g/mol. The van der Waals surface area contributed by atoms with Crippen LogP contribution in [0.2, 0.25) is 0 Å². The zero-order valence-electron chi connectivity index (χ0n) is 13.3. The van der Waals surface area contributed by atoms with E-state index in [2.05, 4.69) is 31.5 Å². The minimum absolute atomic E-state index is 0.115. The molecule has 3 aromatic rings. The van der Waals surface area contributed by atoms with Crippen molar-refractivity contribution in [3.63, 3.8) is 0 Å². The van der Waals surface area contributed by atoms with E-state index in [0.717, 1.165) is 19.7 Å². The number of rotatable bonds is 6. The Hall–Kier alpha value is -2.25. The van der Waals surface area contributed by atoms with Crippen LogP contribution in [-0.4, -0.2) is 23.3 Å². The number of fused-ring (bicyclic) bond motifs is 1. The number of amides is 2. The number of carbonyl (C=O) groups is 2. The summed E-state index contributed by atoms with van der Waals surface area (Å²) in [7, 11) is 0. The Labute approximate surface area is 157 Å². The summed E-state index contributed by atoms with van der Waals surface area (Å²) in [5.41, 5.74) is 1.51. The summed E-state index contributed by atoms with van der Waals surface area (Å²) in [5.74, 6) is -0.304. The molecule has 0 bridgehead atoms. The predicted octanol–water partition coefficient (Wildman–Crippen LogP) is 3.50. The molecule has 0 aliphatic rings. The molecule has 2 N–H and O–H groups in total. The van der Waals surface area contributed by atoms with Gasteiger partial charge in [-0.2, -0.15) is 0 Å². The second-order valence-electron chi connectivity index (χ2n) is 5.36. The van der Waals surface area contributed by atoms with Gasteiger partial charge in [0.1, 0.15) is 5.01 Å². The molecule has 1 heterocycles. The van der Waals surface area contributed by atoms with Crippen LogP contribution in [-0.2, 0) is 11.3 Å². The van der Waals surface area contributed by atoms with Crippen molar-refractivity contribution < 1.29 is 9.59 Å². The Bertz CT molecular complexity index is 860. The van der Waals surface area contributed by atoms with Gasteiger partial charge in [-0.1, -0.05) is 28.1 Å². The van der Waals surface area contributed by atoms with Gasteiger partial charge in [-0.05, 0) is 36.4 Å². The summed E-state index contributed by atoms with van der Waals surface area (Å²) >= 11 is 4.89. The minimum Gasteiger partial charge on any atom is -0.352 e. The third-order valence-electron chi connectivity index (χ3n) is 3.52. The number of nitrogens with one attached hydrogen (secondary N) is 2. The summed E-state index contributed by atoms with van der Waals surface area (Å²) in [6.45, 7) is 0.694. The number of para-hydroxylation sites is 1. The van der Waals surface area contributed by atoms with Crippen LogP contribution in [0.15, 0.2) is 53.0 Å². The highest BCUT2D eigenvalue weighted by Gasteiger charge is 2.08. The van der Waals surface area contributed by atoms with Crippen LogP contribution in [0.25, 0.3) is 10.2 Å². The van der Waals surface area contributed by atoms with Gasteiger partial charge in [0, 0.05) is 23.0 Å². The molecule has 0 saturated heterocycles. The lowest BCUT2D eigenvalue weighted by Crippen LogP contribution is -2.30.